The van der Waals surface area contributed by atoms with E-state index < -0.39 is 0 Å². The number of nitrogens with zero attached hydrogens (tertiary/aromatic N) is 2. The summed E-state index contributed by atoms with van der Waals surface area (Å²) in [6.45, 7) is 6.08. The van der Waals surface area contributed by atoms with Crippen LogP contribution in [0.15, 0.2) is 27.2 Å². The quantitative estimate of drug-likeness (QED) is 0.886. The molecule has 4 nitrogen and oxygen atoms in total. The molecular formula is C13H15BrClN3O. The van der Waals surface area contributed by atoms with Crippen LogP contribution in [-0.2, 0) is 0 Å². The lowest BCUT2D eigenvalue weighted by molar-refractivity contribution is 0.253. The molecule has 19 heavy (non-hydrogen) atoms. The molecule has 1 atom stereocenters. The highest BCUT2D eigenvalue weighted by Gasteiger charge is 2.27. The summed E-state index contributed by atoms with van der Waals surface area (Å²) in [6, 6.07) is 5.16. The van der Waals surface area contributed by atoms with Crippen molar-refractivity contribution in [1.29, 1.82) is 0 Å². The zero-order chi connectivity index (χ0) is 14.2. The maximum atomic E-state index is 6.09. The molecule has 0 fully saturated rings. The topological polar surface area (TPSA) is 64.9 Å². The Morgan fingerprint density at radius 1 is 1.37 bits per heavy atom. The minimum atomic E-state index is -0.301. The van der Waals surface area contributed by atoms with E-state index in [9.17, 15) is 0 Å². The molecule has 1 aromatic heterocycles. The summed E-state index contributed by atoms with van der Waals surface area (Å²) in [5.41, 5.74) is 6.78. The van der Waals surface area contributed by atoms with Crippen molar-refractivity contribution >= 4 is 27.5 Å². The Hall–Kier alpha value is -0.910. The molecule has 0 aliphatic rings. The summed E-state index contributed by atoms with van der Waals surface area (Å²) in [4.78, 5) is 4.35. The van der Waals surface area contributed by atoms with Crippen LogP contribution >= 0.6 is 27.5 Å². The van der Waals surface area contributed by atoms with Gasteiger partial charge in [0.15, 0.2) is 0 Å². The van der Waals surface area contributed by atoms with Crippen molar-refractivity contribution in [1.82, 2.24) is 10.1 Å². The Bertz CT molecular complexity index is 592. The third kappa shape index (κ3) is 3.16. The van der Waals surface area contributed by atoms with Crippen molar-refractivity contribution in [3.8, 4) is 11.4 Å². The SMILES string of the molecule is CC(C)(C)[C@H](N)c1nc(-c2ccc(Cl)c(Br)c2)no1. The summed E-state index contributed by atoms with van der Waals surface area (Å²) in [6.07, 6.45) is 0. The Morgan fingerprint density at radius 3 is 2.63 bits per heavy atom. The molecule has 0 aliphatic carbocycles. The van der Waals surface area contributed by atoms with Gasteiger partial charge in [-0.05, 0) is 39.5 Å². The molecule has 0 bridgehead atoms. The molecule has 0 saturated carbocycles. The van der Waals surface area contributed by atoms with Gasteiger partial charge >= 0.3 is 0 Å². The zero-order valence-electron chi connectivity index (χ0n) is 10.9. The minimum absolute atomic E-state index is 0.135. The number of hydrogen-bond acceptors (Lipinski definition) is 4. The number of halogens is 2. The van der Waals surface area contributed by atoms with Crippen LogP contribution in [-0.4, -0.2) is 10.1 Å². The van der Waals surface area contributed by atoms with Crippen LogP contribution in [0, 0.1) is 5.41 Å². The molecule has 0 saturated heterocycles. The van der Waals surface area contributed by atoms with Crippen molar-refractivity contribution in [2.75, 3.05) is 0 Å². The van der Waals surface area contributed by atoms with Gasteiger partial charge < -0.3 is 10.3 Å². The predicted molar refractivity (Wildman–Crippen MR) is 78.8 cm³/mol. The van der Waals surface area contributed by atoms with Gasteiger partial charge in [-0.25, -0.2) is 0 Å². The second-order valence-corrected chi connectivity index (χ2v) is 6.69. The Kier molecular flexibility index (Phi) is 3.99. The van der Waals surface area contributed by atoms with Gasteiger partial charge in [-0.2, -0.15) is 4.98 Å². The van der Waals surface area contributed by atoms with E-state index in [0.29, 0.717) is 16.7 Å². The summed E-state index contributed by atoms with van der Waals surface area (Å²) in [5.74, 6) is 0.945. The fraction of sp³-hybridized carbons (Fsp3) is 0.385. The van der Waals surface area contributed by atoms with Gasteiger partial charge in [-0.3, -0.25) is 0 Å². The van der Waals surface area contributed by atoms with Crippen LogP contribution in [0.5, 0.6) is 0 Å². The molecule has 2 rings (SSSR count). The summed E-state index contributed by atoms with van der Waals surface area (Å²) in [7, 11) is 0. The monoisotopic (exact) mass is 343 g/mol. The second kappa shape index (κ2) is 5.23. The lowest BCUT2D eigenvalue weighted by Gasteiger charge is -2.23. The summed E-state index contributed by atoms with van der Waals surface area (Å²) >= 11 is 9.32. The molecule has 0 unspecified atom stereocenters. The van der Waals surface area contributed by atoms with Crippen LogP contribution < -0.4 is 5.73 Å². The molecule has 2 N–H and O–H groups in total. The average molecular weight is 345 g/mol. The van der Waals surface area contributed by atoms with Gasteiger partial charge in [0.2, 0.25) is 11.7 Å². The van der Waals surface area contributed by atoms with Crippen molar-refractivity contribution < 1.29 is 4.52 Å². The first-order valence-electron chi connectivity index (χ1n) is 5.83. The molecule has 0 aliphatic heterocycles. The minimum Gasteiger partial charge on any atom is -0.337 e. The largest absolute Gasteiger partial charge is 0.337 e. The lowest BCUT2D eigenvalue weighted by Crippen LogP contribution is -2.26. The van der Waals surface area contributed by atoms with E-state index in [1.807, 2.05) is 32.9 Å². The predicted octanol–water partition coefficient (Wildman–Crippen LogP) is 4.20. The van der Waals surface area contributed by atoms with Gasteiger partial charge in [0.1, 0.15) is 0 Å². The maximum Gasteiger partial charge on any atom is 0.244 e. The Balaban J connectivity index is 2.33. The van der Waals surface area contributed by atoms with E-state index in [-0.39, 0.29) is 11.5 Å². The summed E-state index contributed by atoms with van der Waals surface area (Å²) in [5, 5.41) is 4.60. The summed E-state index contributed by atoms with van der Waals surface area (Å²) < 4.78 is 6.03. The molecule has 0 radical (unpaired) electrons. The highest BCUT2D eigenvalue weighted by Crippen LogP contribution is 2.31. The molecule has 2 aromatic rings. The van der Waals surface area contributed by atoms with E-state index in [1.54, 1.807) is 6.07 Å². The maximum absolute atomic E-state index is 6.09. The van der Waals surface area contributed by atoms with Gasteiger partial charge in [0.25, 0.3) is 0 Å². The first-order chi connectivity index (χ1) is 8.79. The van der Waals surface area contributed by atoms with Crippen molar-refractivity contribution in [3.05, 3.63) is 33.6 Å². The van der Waals surface area contributed by atoms with Crippen LogP contribution in [0.1, 0.15) is 32.7 Å². The van der Waals surface area contributed by atoms with Crippen LogP contribution in [0.4, 0.5) is 0 Å². The Labute approximate surface area is 125 Å². The number of rotatable bonds is 2. The number of nitrogens with two attached hydrogens (primary N) is 1. The highest BCUT2D eigenvalue weighted by molar-refractivity contribution is 9.10. The van der Waals surface area contributed by atoms with Crippen molar-refractivity contribution in [2.24, 2.45) is 11.1 Å². The molecular weight excluding hydrogens is 330 g/mol. The zero-order valence-corrected chi connectivity index (χ0v) is 13.3. The normalized spacial score (nSPS) is 13.6. The number of aromatic nitrogens is 2. The van der Waals surface area contributed by atoms with Crippen LogP contribution in [0.3, 0.4) is 0 Å². The third-order valence-electron chi connectivity index (χ3n) is 2.82. The van der Waals surface area contributed by atoms with Crippen molar-refractivity contribution in [3.63, 3.8) is 0 Å². The fourth-order valence-electron chi connectivity index (χ4n) is 1.48. The van der Waals surface area contributed by atoms with E-state index in [2.05, 4.69) is 26.1 Å². The molecule has 0 amide bonds. The standard InChI is InChI=1S/C13H15BrClN3O/c1-13(2,3)10(16)12-17-11(18-19-12)7-4-5-9(15)8(14)6-7/h4-6,10H,16H2,1-3H3/t10-/m1/s1. The third-order valence-corrected chi connectivity index (χ3v) is 4.03. The Morgan fingerprint density at radius 2 is 2.05 bits per heavy atom. The van der Waals surface area contributed by atoms with Gasteiger partial charge in [-0.1, -0.05) is 37.5 Å². The lowest BCUT2D eigenvalue weighted by atomic mass is 9.87. The van der Waals surface area contributed by atoms with Gasteiger partial charge in [0.05, 0.1) is 11.1 Å². The van der Waals surface area contributed by atoms with E-state index in [1.165, 1.54) is 0 Å². The smallest absolute Gasteiger partial charge is 0.244 e. The average Bonchev–Trinajstić information content (AvgIpc) is 2.79. The second-order valence-electron chi connectivity index (χ2n) is 5.43. The van der Waals surface area contributed by atoms with E-state index >= 15 is 0 Å². The molecule has 1 aromatic carbocycles. The molecule has 6 heteroatoms. The van der Waals surface area contributed by atoms with Gasteiger partial charge in [0, 0.05) is 10.0 Å². The molecule has 102 valence electrons. The highest BCUT2D eigenvalue weighted by atomic mass is 79.9. The first-order valence-corrected chi connectivity index (χ1v) is 7.01. The van der Waals surface area contributed by atoms with E-state index in [4.69, 9.17) is 21.9 Å². The van der Waals surface area contributed by atoms with Crippen LogP contribution in [0.25, 0.3) is 11.4 Å². The number of hydrogen-bond donors (Lipinski definition) is 1. The first kappa shape index (κ1) is 14.5. The van der Waals surface area contributed by atoms with Gasteiger partial charge in [-0.15, -0.1) is 0 Å². The fourth-order valence-corrected chi connectivity index (χ4v) is 1.98. The van der Waals surface area contributed by atoms with Crippen LogP contribution in [0.2, 0.25) is 5.02 Å². The molecule has 0 spiro atoms. The van der Waals surface area contributed by atoms with E-state index in [0.717, 1.165) is 10.0 Å². The number of benzene rings is 1. The van der Waals surface area contributed by atoms with Crippen molar-refractivity contribution in [2.45, 2.75) is 26.8 Å². The molecule has 1 heterocycles.